The average Bonchev–Trinajstić information content (AvgIpc) is 1.55. The fraction of sp³-hybridized carbons (Fsp3) is 0.00917. The van der Waals surface area contributed by atoms with Crippen molar-refractivity contribution in [3.8, 4) is 44.9 Å². The Morgan fingerprint density at radius 1 is 0.212 bits per heavy atom. The first kappa shape index (κ1) is 67.2. The van der Waals surface area contributed by atoms with E-state index < -0.39 is 5.41 Å². The molecule has 18 aromatic carbocycles. The van der Waals surface area contributed by atoms with Crippen LogP contribution in [0.2, 0.25) is 0 Å². The van der Waals surface area contributed by atoms with Gasteiger partial charge in [-0.1, -0.05) is 303 Å². The molecule has 0 fully saturated rings. The number of fused-ring (bicyclic) bond motifs is 17. The summed E-state index contributed by atoms with van der Waals surface area (Å²) in [6.45, 7) is -0.580. The molecule has 0 unspecified atom stereocenters. The summed E-state index contributed by atoms with van der Waals surface area (Å²) in [5, 5.41) is 0. The van der Waals surface area contributed by atoms with Crippen LogP contribution < -0.4 is 66.9 Å². The van der Waals surface area contributed by atoms with E-state index in [2.05, 4.69) is 466 Å². The van der Waals surface area contributed by atoms with Crippen LogP contribution in [-0.4, -0.2) is 13.4 Å². The highest BCUT2D eigenvalue weighted by Gasteiger charge is 2.56. The Balaban J connectivity index is 0.872. The van der Waals surface area contributed by atoms with Crippen molar-refractivity contribution in [1.29, 1.82) is 0 Å². The maximum Gasteiger partial charge on any atom is 0.256 e. The molecular formula is C109H72B2N6O. The molecular weight excluding hydrogens is 1430 g/mol. The molecule has 0 aromatic heterocycles. The van der Waals surface area contributed by atoms with Gasteiger partial charge in [0.25, 0.3) is 13.4 Å². The van der Waals surface area contributed by atoms with Crippen molar-refractivity contribution in [2.45, 2.75) is 5.41 Å². The molecule has 5 aliphatic heterocycles. The summed E-state index contributed by atoms with van der Waals surface area (Å²) >= 11 is 0. The van der Waals surface area contributed by atoms with Gasteiger partial charge in [-0.15, -0.1) is 0 Å². The van der Waals surface area contributed by atoms with Gasteiger partial charge in [0, 0.05) is 91.1 Å². The lowest BCUT2D eigenvalue weighted by Gasteiger charge is -2.50. The normalized spacial score (nSPS) is 13.5. The van der Waals surface area contributed by atoms with Gasteiger partial charge in [0.2, 0.25) is 0 Å². The molecule has 0 saturated carbocycles. The van der Waals surface area contributed by atoms with E-state index in [0.717, 1.165) is 147 Å². The molecule has 550 valence electrons. The molecule has 118 heavy (non-hydrogen) atoms. The van der Waals surface area contributed by atoms with Gasteiger partial charge in [-0.25, -0.2) is 0 Å². The van der Waals surface area contributed by atoms with Crippen molar-refractivity contribution < 1.29 is 4.74 Å². The molecule has 9 heteroatoms. The molecule has 7 nitrogen and oxygen atoms in total. The summed E-state index contributed by atoms with van der Waals surface area (Å²) in [5.41, 5.74) is 36.8. The molecule has 24 rings (SSSR count). The molecule has 0 radical (unpaired) electrons. The highest BCUT2D eigenvalue weighted by molar-refractivity contribution is 7.01. The van der Waals surface area contributed by atoms with Crippen LogP contribution in [0.25, 0.3) is 33.4 Å². The number of hydrogen-bond donors (Lipinski definition) is 0. The number of ether oxygens (including phenoxy) is 1. The lowest BCUT2D eigenvalue weighted by molar-refractivity contribution is 0.487. The molecule has 1 spiro atoms. The van der Waals surface area contributed by atoms with Gasteiger partial charge < -0.3 is 34.1 Å². The number of para-hydroxylation sites is 10. The minimum atomic E-state index is -0.977. The molecule has 18 aromatic rings. The van der Waals surface area contributed by atoms with Crippen molar-refractivity contribution in [2.24, 2.45) is 0 Å². The first-order valence-electron chi connectivity index (χ1n) is 40.8. The fourth-order valence-corrected chi connectivity index (χ4v) is 20.5. The van der Waals surface area contributed by atoms with Crippen LogP contribution >= 0.6 is 0 Å². The third kappa shape index (κ3) is 10.1. The zero-order chi connectivity index (χ0) is 77.5. The van der Waals surface area contributed by atoms with Crippen LogP contribution in [0.15, 0.2) is 437 Å². The number of nitrogens with zero attached hydrogens (tertiary/aromatic N) is 6. The third-order valence-electron chi connectivity index (χ3n) is 25.1. The largest absolute Gasteiger partial charge is 0.458 e. The van der Waals surface area contributed by atoms with Crippen molar-refractivity contribution in [3.05, 3.63) is 459 Å². The molecule has 0 bridgehead atoms. The minimum absolute atomic E-state index is 0.283. The van der Waals surface area contributed by atoms with Crippen molar-refractivity contribution in [2.75, 3.05) is 29.4 Å². The van der Waals surface area contributed by atoms with Crippen LogP contribution in [0.3, 0.4) is 0 Å². The van der Waals surface area contributed by atoms with Gasteiger partial charge >= 0.3 is 0 Å². The number of hydrogen-bond acceptors (Lipinski definition) is 7. The van der Waals surface area contributed by atoms with E-state index in [0.29, 0.717) is 0 Å². The lowest BCUT2D eigenvalue weighted by atomic mass is 9.33. The quantitative estimate of drug-likeness (QED) is 0.113. The van der Waals surface area contributed by atoms with Crippen molar-refractivity contribution in [3.63, 3.8) is 0 Å². The smallest absolute Gasteiger partial charge is 0.256 e. The predicted octanol–water partition coefficient (Wildman–Crippen LogP) is 24.6. The maximum atomic E-state index is 7.51. The Hall–Kier alpha value is -15.3. The Bertz CT molecular complexity index is 6830. The van der Waals surface area contributed by atoms with Crippen LogP contribution in [0.1, 0.15) is 22.3 Å². The number of rotatable bonds is 12. The second-order valence-corrected chi connectivity index (χ2v) is 31.3. The summed E-state index contributed by atoms with van der Waals surface area (Å²) < 4.78 is 7.51. The van der Waals surface area contributed by atoms with E-state index in [4.69, 9.17) is 4.74 Å². The Morgan fingerprint density at radius 2 is 0.559 bits per heavy atom. The van der Waals surface area contributed by atoms with Crippen LogP contribution in [0, 0.1) is 0 Å². The zero-order valence-corrected chi connectivity index (χ0v) is 64.3. The zero-order valence-electron chi connectivity index (χ0n) is 64.3. The Morgan fingerprint density at radius 3 is 1.02 bits per heavy atom. The second kappa shape index (κ2) is 26.9. The summed E-state index contributed by atoms with van der Waals surface area (Å²) in [6, 6.07) is 163. The highest BCUT2D eigenvalue weighted by Crippen LogP contribution is 2.67. The van der Waals surface area contributed by atoms with Gasteiger partial charge in [0.05, 0.1) is 33.9 Å². The van der Waals surface area contributed by atoms with E-state index in [-0.39, 0.29) is 13.4 Å². The van der Waals surface area contributed by atoms with E-state index in [1.807, 2.05) is 0 Å². The Labute approximate surface area is 687 Å². The topological polar surface area (TPSA) is 28.7 Å². The molecule has 1 aliphatic carbocycles. The SMILES string of the molecule is c1ccc(-c2cccc(-c3ccccc3)c2N2c3cc4c(cc3C3(c5ccccc5-c5ccccc53)c3cc5c(cc32)N(c2ccccc2)c2cc(N(c3ccccc3)c3ccccc3)cc3c2B5c2ccccc2N3c2ccccc2)B2c3ccccc3Oc3cc(N(c5ccccc5)c5ccccc5)cc(c32)N4c2ccccc2)cc1. The van der Waals surface area contributed by atoms with Gasteiger partial charge in [0.1, 0.15) is 11.5 Å². The van der Waals surface area contributed by atoms with Gasteiger partial charge in [0.15, 0.2) is 0 Å². The third-order valence-corrected chi connectivity index (χ3v) is 25.1. The molecule has 0 atom stereocenters. The molecule has 5 heterocycles. The lowest BCUT2D eigenvalue weighted by Crippen LogP contribution is -2.62. The van der Waals surface area contributed by atoms with Crippen LogP contribution in [-0.2, 0) is 5.41 Å². The van der Waals surface area contributed by atoms with Gasteiger partial charge in [-0.05, 0) is 205 Å². The van der Waals surface area contributed by atoms with Gasteiger partial charge in [-0.2, -0.15) is 0 Å². The summed E-state index contributed by atoms with van der Waals surface area (Å²) in [4.78, 5) is 15.2. The Kier molecular flexibility index (Phi) is 15.3. The van der Waals surface area contributed by atoms with E-state index in [1.165, 1.54) is 55.2 Å². The molecule has 0 saturated heterocycles. The molecule has 0 amide bonds. The van der Waals surface area contributed by atoms with Crippen LogP contribution in [0.5, 0.6) is 11.5 Å². The standard InChI is InChI=1S/C109H72B2N6O/c1-10-37-73(38-11-1)84-57-36-58-85(74-39-12-2-13-40-74)108(84)117-97-71-99-94(110-92-61-32-34-63-96(92)114(79-49-22-7-23-50-79)101-65-82(66-102(106(101)110)115(99)80-51-24-8-25-52-80)112(75-41-14-3-15-42-75)76-43-16-4-17-44-76)69-90(97)109(88-59-30-28-55-86(88)87-56-29-31-60-89(87)109)91-70-95-100(72-98(91)117)116(81-53-26-9-27-54-81)103-67-83(68-105-107(103)111(95)93-62-33-35-64-104(93)118-105)113(77-45-18-5-19-46-77)78-47-20-6-21-48-78/h1-72H. The average molecular weight is 1500 g/mol. The first-order valence-corrected chi connectivity index (χ1v) is 40.8. The maximum absolute atomic E-state index is 7.51. The highest BCUT2D eigenvalue weighted by atomic mass is 16.5. The van der Waals surface area contributed by atoms with E-state index in [9.17, 15) is 0 Å². The molecule has 6 aliphatic rings. The summed E-state index contributed by atoms with van der Waals surface area (Å²) in [7, 11) is 0. The fourth-order valence-electron chi connectivity index (χ4n) is 20.5. The predicted molar refractivity (Wildman–Crippen MR) is 492 cm³/mol. The van der Waals surface area contributed by atoms with Gasteiger partial charge in [-0.3, -0.25) is 0 Å². The first-order chi connectivity index (χ1) is 58.6. The van der Waals surface area contributed by atoms with E-state index >= 15 is 0 Å². The van der Waals surface area contributed by atoms with Crippen LogP contribution in [0.4, 0.5) is 102 Å². The summed E-state index contributed by atoms with van der Waals surface area (Å²) in [5.74, 6) is 1.65. The molecule has 0 N–H and O–H groups in total. The monoisotopic (exact) mass is 1500 g/mol. The second-order valence-electron chi connectivity index (χ2n) is 31.3. The van der Waals surface area contributed by atoms with E-state index in [1.54, 1.807) is 0 Å². The number of benzene rings is 18. The minimum Gasteiger partial charge on any atom is -0.458 e. The van der Waals surface area contributed by atoms with Crippen molar-refractivity contribution in [1.82, 2.24) is 0 Å². The summed E-state index contributed by atoms with van der Waals surface area (Å²) in [6.07, 6.45) is 0. The number of anilines is 18. The van der Waals surface area contributed by atoms with Crippen molar-refractivity contribution >= 4 is 149 Å².